The maximum absolute atomic E-state index is 2.40. The van der Waals surface area contributed by atoms with Crippen molar-refractivity contribution >= 4 is 0 Å². The Morgan fingerprint density at radius 3 is 1.80 bits per heavy atom. The van der Waals surface area contributed by atoms with Crippen LogP contribution in [0.3, 0.4) is 0 Å². The van der Waals surface area contributed by atoms with Crippen molar-refractivity contribution < 1.29 is 0 Å². The Balaban J connectivity index is 5.83. The Hall–Kier alpha value is -1.04. The molecule has 1 atom stereocenters. The third kappa shape index (κ3) is 5.53. The van der Waals surface area contributed by atoms with Gasteiger partial charge in [0.05, 0.1) is 0 Å². The van der Waals surface area contributed by atoms with E-state index in [-0.39, 0.29) is 0 Å². The van der Waals surface area contributed by atoms with E-state index >= 15 is 0 Å². The van der Waals surface area contributed by atoms with Crippen LogP contribution in [0.4, 0.5) is 0 Å². The molecule has 0 heteroatoms. The molecule has 0 nitrogen and oxygen atoms in total. The molecule has 0 aromatic carbocycles. The number of hydrogen-bond donors (Lipinski definition) is 0. The summed E-state index contributed by atoms with van der Waals surface area (Å²) < 4.78 is 0. The summed E-state index contributed by atoms with van der Waals surface area (Å²) in [6, 6.07) is 0. The summed E-state index contributed by atoms with van der Waals surface area (Å²) in [7, 11) is 0. The first-order valence-corrected chi connectivity index (χ1v) is 7.96. The minimum atomic E-state index is 0.621. The third-order valence-electron chi connectivity index (χ3n) is 4.12. The van der Waals surface area contributed by atoms with Crippen LogP contribution in [0, 0.1) is 5.92 Å². The monoisotopic (exact) mass is 274 g/mol. The smallest absolute Gasteiger partial charge is 0.0190 e. The first kappa shape index (κ1) is 19.0. The van der Waals surface area contributed by atoms with E-state index in [1.807, 2.05) is 0 Å². The van der Waals surface area contributed by atoms with E-state index in [0.29, 0.717) is 5.92 Å². The van der Waals surface area contributed by atoms with E-state index in [4.69, 9.17) is 0 Å². The lowest BCUT2D eigenvalue weighted by Crippen LogP contribution is -2.02. The molecular formula is C20H34. The van der Waals surface area contributed by atoms with E-state index in [1.165, 1.54) is 39.9 Å². The third-order valence-corrected chi connectivity index (χ3v) is 4.12. The molecule has 0 radical (unpaired) electrons. The molecule has 0 aliphatic heterocycles. The summed E-state index contributed by atoms with van der Waals surface area (Å²) in [6.07, 6.45) is 7.07. The summed E-state index contributed by atoms with van der Waals surface area (Å²) in [5.41, 5.74) is 8.53. The molecule has 114 valence electrons. The van der Waals surface area contributed by atoms with Crippen LogP contribution in [0.2, 0.25) is 0 Å². The first-order valence-electron chi connectivity index (χ1n) is 7.96. The van der Waals surface area contributed by atoms with Gasteiger partial charge in [-0.25, -0.2) is 0 Å². The largest absolute Gasteiger partial charge is 0.0807 e. The Kier molecular flexibility index (Phi) is 8.53. The molecule has 0 spiro atoms. The Bertz CT molecular complexity index is 431. The zero-order chi connectivity index (χ0) is 15.9. The van der Waals surface area contributed by atoms with Crippen molar-refractivity contribution in [2.45, 2.75) is 75.2 Å². The highest BCUT2D eigenvalue weighted by Crippen LogP contribution is 2.29. The SMILES string of the molecule is CCC=C(C(C=C(C)C(C)=C(C)C)=C(C)C)C(C)CC. The molecular weight excluding hydrogens is 240 g/mol. The van der Waals surface area contributed by atoms with Gasteiger partial charge in [-0.1, -0.05) is 44.1 Å². The lowest BCUT2D eigenvalue weighted by atomic mass is 9.87. The summed E-state index contributed by atoms with van der Waals surface area (Å²) in [5, 5.41) is 0. The molecule has 0 N–H and O–H groups in total. The number of rotatable bonds is 6. The van der Waals surface area contributed by atoms with Crippen molar-refractivity contribution in [3.63, 3.8) is 0 Å². The standard InChI is InChI=1S/C20H34/c1-10-12-19(16(7)11-2)20(15(5)6)13-17(8)18(9)14(3)4/h12-13,16H,10-11H2,1-9H3. The average Bonchev–Trinajstić information content (AvgIpc) is 2.40. The second-order valence-corrected chi connectivity index (χ2v) is 6.24. The van der Waals surface area contributed by atoms with Crippen molar-refractivity contribution in [2.24, 2.45) is 5.92 Å². The Morgan fingerprint density at radius 1 is 0.900 bits per heavy atom. The van der Waals surface area contributed by atoms with Crippen LogP contribution in [0.1, 0.15) is 75.2 Å². The lowest BCUT2D eigenvalue weighted by molar-refractivity contribution is 0.660. The van der Waals surface area contributed by atoms with E-state index in [2.05, 4.69) is 74.5 Å². The predicted molar refractivity (Wildman–Crippen MR) is 94.0 cm³/mol. The maximum Gasteiger partial charge on any atom is -0.0190 e. The van der Waals surface area contributed by atoms with Crippen LogP contribution >= 0.6 is 0 Å². The van der Waals surface area contributed by atoms with Crippen molar-refractivity contribution in [1.82, 2.24) is 0 Å². The van der Waals surface area contributed by atoms with Crippen LogP contribution < -0.4 is 0 Å². The van der Waals surface area contributed by atoms with E-state index in [0.717, 1.165) is 6.42 Å². The highest BCUT2D eigenvalue weighted by Gasteiger charge is 2.12. The Morgan fingerprint density at radius 2 is 1.45 bits per heavy atom. The van der Waals surface area contributed by atoms with Gasteiger partial charge in [0, 0.05) is 0 Å². The fourth-order valence-corrected chi connectivity index (χ4v) is 2.25. The highest BCUT2D eigenvalue weighted by atomic mass is 14.2. The quantitative estimate of drug-likeness (QED) is 0.457. The van der Waals surface area contributed by atoms with Gasteiger partial charge in [-0.2, -0.15) is 0 Å². The highest BCUT2D eigenvalue weighted by molar-refractivity contribution is 5.48. The van der Waals surface area contributed by atoms with Crippen LogP contribution in [0.15, 0.2) is 45.6 Å². The topological polar surface area (TPSA) is 0 Å². The molecule has 0 saturated carbocycles. The van der Waals surface area contributed by atoms with E-state index in [9.17, 15) is 0 Å². The fourth-order valence-electron chi connectivity index (χ4n) is 2.25. The molecule has 0 heterocycles. The predicted octanol–water partition coefficient (Wildman–Crippen LogP) is 7.01. The van der Waals surface area contributed by atoms with Gasteiger partial charge >= 0.3 is 0 Å². The average molecular weight is 274 g/mol. The van der Waals surface area contributed by atoms with Gasteiger partial charge in [0.25, 0.3) is 0 Å². The van der Waals surface area contributed by atoms with Crippen LogP contribution in [-0.2, 0) is 0 Å². The van der Waals surface area contributed by atoms with Gasteiger partial charge in [0.15, 0.2) is 0 Å². The van der Waals surface area contributed by atoms with Crippen LogP contribution in [0.25, 0.3) is 0 Å². The molecule has 20 heavy (non-hydrogen) atoms. The Labute approximate surface area is 127 Å². The van der Waals surface area contributed by atoms with Gasteiger partial charge < -0.3 is 0 Å². The van der Waals surface area contributed by atoms with Gasteiger partial charge in [-0.3, -0.25) is 0 Å². The van der Waals surface area contributed by atoms with Crippen molar-refractivity contribution in [3.05, 3.63) is 45.6 Å². The summed E-state index contributed by atoms with van der Waals surface area (Å²) in [6.45, 7) is 20.1. The molecule has 0 aromatic heterocycles. The molecule has 0 saturated heterocycles. The second kappa shape index (κ2) is 9.00. The van der Waals surface area contributed by atoms with Crippen molar-refractivity contribution in [3.8, 4) is 0 Å². The molecule has 1 unspecified atom stereocenters. The minimum Gasteiger partial charge on any atom is -0.0807 e. The minimum absolute atomic E-state index is 0.621. The second-order valence-electron chi connectivity index (χ2n) is 6.24. The maximum atomic E-state index is 2.40. The normalized spacial score (nSPS) is 14.1. The summed E-state index contributed by atoms with van der Waals surface area (Å²) in [5.74, 6) is 0.621. The summed E-state index contributed by atoms with van der Waals surface area (Å²) >= 11 is 0. The fraction of sp³-hybridized carbons (Fsp3) is 0.600. The molecule has 0 rings (SSSR count). The van der Waals surface area contributed by atoms with E-state index in [1.54, 1.807) is 0 Å². The number of hydrogen-bond acceptors (Lipinski definition) is 0. The van der Waals surface area contributed by atoms with Gasteiger partial charge in [-0.15, -0.1) is 0 Å². The molecule has 0 amide bonds. The van der Waals surface area contributed by atoms with E-state index < -0.39 is 0 Å². The zero-order valence-corrected chi connectivity index (χ0v) is 15.1. The van der Waals surface area contributed by atoms with Crippen molar-refractivity contribution in [2.75, 3.05) is 0 Å². The number of allylic oxidation sites excluding steroid dienone is 8. The molecule has 0 aliphatic carbocycles. The molecule has 0 aliphatic rings. The van der Waals surface area contributed by atoms with Crippen molar-refractivity contribution in [1.29, 1.82) is 0 Å². The molecule has 0 bridgehead atoms. The van der Waals surface area contributed by atoms with Crippen LogP contribution in [-0.4, -0.2) is 0 Å². The van der Waals surface area contributed by atoms with Gasteiger partial charge in [0.2, 0.25) is 0 Å². The zero-order valence-electron chi connectivity index (χ0n) is 15.1. The molecule has 0 fully saturated rings. The van der Waals surface area contributed by atoms with Gasteiger partial charge in [-0.05, 0) is 82.6 Å². The summed E-state index contributed by atoms with van der Waals surface area (Å²) in [4.78, 5) is 0. The lowest BCUT2D eigenvalue weighted by Gasteiger charge is -2.19. The van der Waals surface area contributed by atoms with Gasteiger partial charge in [0.1, 0.15) is 0 Å². The molecule has 0 aromatic rings. The van der Waals surface area contributed by atoms with Crippen LogP contribution in [0.5, 0.6) is 0 Å². The first-order chi connectivity index (χ1) is 9.26.